The number of benzene rings is 2. The minimum atomic E-state index is -0.561. The number of nitriles is 1. The Morgan fingerprint density at radius 1 is 1.09 bits per heavy atom. The van der Waals surface area contributed by atoms with Gasteiger partial charge in [-0.25, -0.2) is 4.52 Å². The predicted molar refractivity (Wildman–Crippen MR) is 173 cm³/mol. The molecule has 2 aliphatic rings. The zero-order valence-electron chi connectivity index (χ0n) is 26.5. The van der Waals surface area contributed by atoms with Crippen LogP contribution in [0.4, 0.5) is 0 Å². The number of aryl methyl sites for hydroxylation is 1. The molecule has 2 aromatic carbocycles. The first-order valence-electron chi connectivity index (χ1n) is 16.6. The molecule has 1 aliphatic heterocycles. The van der Waals surface area contributed by atoms with E-state index in [2.05, 4.69) is 23.1 Å². The van der Waals surface area contributed by atoms with Crippen LogP contribution in [0.25, 0.3) is 16.9 Å². The fourth-order valence-corrected chi connectivity index (χ4v) is 6.75. The second kappa shape index (κ2) is 15.1. The van der Waals surface area contributed by atoms with Gasteiger partial charge in [-0.2, -0.15) is 15.3 Å². The Kier molecular flexibility index (Phi) is 10.6. The van der Waals surface area contributed by atoms with E-state index in [-0.39, 0.29) is 30.6 Å². The van der Waals surface area contributed by atoms with E-state index in [1.807, 2.05) is 57.6 Å². The molecule has 1 atom stereocenters. The number of aliphatic hydroxyl groups is 1. The lowest BCUT2D eigenvalue weighted by atomic mass is 9.92. The van der Waals surface area contributed by atoms with E-state index in [9.17, 15) is 15.2 Å². The van der Waals surface area contributed by atoms with Crippen molar-refractivity contribution in [2.75, 3.05) is 19.8 Å². The molecule has 0 amide bonds. The maximum Gasteiger partial charge on any atom is 0.259 e. The summed E-state index contributed by atoms with van der Waals surface area (Å²) in [4.78, 5) is 18.9. The van der Waals surface area contributed by atoms with Crippen LogP contribution in [-0.4, -0.2) is 62.6 Å². The summed E-state index contributed by atoms with van der Waals surface area (Å²) < 4.78 is 21.0. The fourth-order valence-electron chi connectivity index (χ4n) is 6.75. The molecule has 0 bridgehead atoms. The summed E-state index contributed by atoms with van der Waals surface area (Å²) in [6.45, 7) is 3.81. The van der Waals surface area contributed by atoms with E-state index in [0.29, 0.717) is 43.8 Å². The minimum Gasteiger partial charge on any atom is -0.391 e. The highest BCUT2D eigenvalue weighted by Gasteiger charge is 2.29. The van der Waals surface area contributed by atoms with E-state index in [1.165, 1.54) is 6.33 Å². The summed E-state index contributed by atoms with van der Waals surface area (Å²) in [5.74, 6) is 0.590. The van der Waals surface area contributed by atoms with Crippen LogP contribution < -0.4 is 5.56 Å². The second-order valence-electron chi connectivity index (χ2n) is 12.4. The highest BCUT2D eigenvalue weighted by molar-refractivity contribution is 5.70. The van der Waals surface area contributed by atoms with Crippen molar-refractivity contribution in [3.8, 4) is 17.2 Å². The molecule has 6 rings (SSSR count). The SMILES string of the molecule is CCCc1c(Cc2ccc(-c3ccccc3C#N)cc2)c(=O)n(C2CCC(OCC(O)CCC3OCCCO3)CC2)c2ncnn12. The van der Waals surface area contributed by atoms with E-state index in [0.717, 1.165) is 72.9 Å². The summed E-state index contributed by atoms with van der Waals surface area (Å²) >= 11 is 0. The van der Waals surface area contributed by atoms with Gasteiger partial charge < -0.3 is 19.3 Å². The fraction of sp³-hybridized carbons (Fsp3) is 0.500. The van der Waals surface area contributed by atoms with Gasteiger partial charge >= 0.3 is 0 Å². The molecule has 2 fully saturated rings. The number of ether oxygens (including phenoxy) is 3. The molecule has 1 aliphatic carbocycles. The Bertz CT molecular complexity index is 1690. The summed E-state index contributed by atoms with van der Waals surface area (Å²) in [7, 11) is 0. The number of fused-ring (bicyclic) bond motifs is 1. The molecule has 1 saturated carbocycles. The number of aliphatic hydroxyl groups excluding tert-OH is 1. The highest BCUT2D eigenvalue weighted by atomic mass is 16.7. The van der Waals surface area contributed by atoms with Gasteiger partial charge in [-0.15, -0.1) is 0 Å². The molecule has 4 aromatic rings. The van der Waals surface area contributed by atoms with Gasteiger partial charge in [-0.3, -0.25) is 9.36 Å². The maximum absolute atomic E-state index is 14.3. The topological polar surface area (TPSA) is 124 Å². The van der Waals surface area contributed by atoms with Gasteiger partial charge in [-0.1, -0.05) is 55.8 Å². The number of hydrogen-bond acceptors (Lipinski definition) is 8. The number of nitrogens with zero attached hydrogens (tertiary/aromatic N) is 5. The molecule has 1 N–H and O–H groups in total. The molecular weight excluding hydrogens is 582 g/mol. The van der Waals surface area contributed by atoms with Gasteiger partial charge in [0.05, 0.1) is 49.4 Å². The van der Waals surface area contributed by atoms with Crippen molar-refractivity contribution in [1.29, 1.82) is 5.26 Å². The lowest BCUT2D eigenvalue weighted by Gasteiger charge is -2.31. The molecule has 46 heavy (non-hydrogen) atoms. The molecule has 2 aromatic heterocycles. The zero-order chi connectivity index (χ0) is 31.9. The lowest BCUT2D eigenvalue weighted by Crippen LogP contribution is -2.35. The largest absolute Gasteiger partial charge is 0.391 e. The first kappa shape index (κ1) is 32.1. The Labute approximate surface area is 269 Å². The molecular formula is C36H43N5O5. The van der Waals surface area contributed by atoms with Gasteiger partial charge in [0.25, 0.3) is 5.56 Å². The van der Waals surface area contributed by atoms with E-state index < -0.39 is 6.10 Å². The van der Waals surface area contributed by atoms with Crippen LogP contribution in [0.5, 0.6) is 0 Å². The van der Waals surface area contributed by atoms with Crippen LogP contribution in [0, 0.1) is 11.3 Å². The summed E-state index contributed by atoms with van der Waals surface area (Å²) in [6.07, 6.45) is 8.19. The van der Waals surface area contributed by atoms with Crippen LogP contribution >= 0.6 is 0 Å². The van der Waals surface area contributed by atoms with E-state index >= 15 is 0 Å². The van der Waals surface area contributed by atoms with Crippen molar-refractivity contribution >= 4 is 5.78 Å². The summed E-state index contributed by atoms with van der Waals surface area (Å²) in [5, 5.41) is 24.6. The van der Waals surface area contributed by atoms with Gasteiger partial charge in [-0.05, 0) is 67.7 Å². The van der Waals surface area contributed by atoms with Gasteiger partial charge in [0.15, 0.2) is 6.29 Å². The lowest BCUT2D eigenvalue weighted by molar-refractivity contribution is -0.184. The van der Waals surface area contributed by atoms with Crippen molar-refractivity contribution in [1.82, 2.24) is 19.2 Å². The number of rotatable bonds is 12. The predicted octanol–water partition coefficient (Wildman–Crippen LogP) is 5.38. The number of hydrogen-bond donors (Lipinski definition) is 1. The van der Waals surface area contributed by atoms with Crippen LogP contribution in [0.15, 0.2) is 59.7 Å². The van der Waals surface area contributed by atoms with Crippen molar-refractivity contribution in [3.63, 3.8) is 0 Å². The molecule has 10 heteroatoms. The first-order valence-corrected chi connectivity index (χ1v) is 16.6. The molecule has 242 valence electrons. The summed E-state index contributed by atoms with van der Waals surface area (Å²) in [6, 6.07) is 18.0. The monoisotopic (exact) mass is 625 g/mol. The molecule has 1 saturated heterocycles. The van der Waals surface area contributed by atoms with Crippen LogP contribution in [0.2, 0.25) is 0 Å². The maximum atomic E-state index is 14.3. The molecule has 0 spiro atoms. The van der Waals surface area contributed by atoms with Crippen molar-refractivity contribution < 1.29 is 19.3 Å². The Morgan fingerprint density at radius 2 is 1.85 bits per heavy atom. The normalized spacial score (nSPS) is 19.7. The van der Waals surface area contributed by atoms with E-state index in [1.54, 1.807) is 0 Å². The number of aromatic nitrogens is 4. The molecule has 1 unspecified atom stereocenters. The van der Waals surface area contributed by atoms with Crippen LogP contribution in [0.3, 0.4) is 0 Å². The third-order valence-corrected chi connectivity index (χ3v) is 9.17. The Morgan fingerprint density at radius 3 is 2.59 bits per heavy atom. The quantitative estimate of drug-likeness (QED) is 0.223. The minimum absolute atomic E-state index is 0.00482. The highest BCUT2D eigenvalue weighted by Crippen LogP contribution is 2.31. The third-order valence-electron chi connectivity index (χ3n) is 9.17. The molecule has 3 heterocycles. The van der Waals surface area contributed by atoms with Crippen molar-refractivity contribution in [2.45, 2.75) is 95.7 Å². The average Bonchev–Trinajstić information content (AvgIpc) is 3.58. The van der Waals surface area contributed by atoms with E-state index in [4.69, 9.17) is 14.2 Å². The molecule has 10 nitrogen and oxygen atoms in total. The zero-order valence-corrected chi connectivity index (χ0v) is 26.5. The standard InChI is InChI=1S/C36H43N5O5/c1-2-6-33-32(21-25-9-11-26(12-10-25)31-8-4-3-7-27(31)22-37)35(43)40(36-38-24-39-41(33)36)28-13-16-30(17-14-28)46-23-29(42)15-18-34-44-19-5-20-45-34/h3-4,7-12,24,28-30,34,42H,2,5-6,13-21,23H2,1H3. The van der Waals surface area contributed by atoms with Crippen molar-refractivity contribution in [3.05, 3.63) is 87.6 Å². The van der Waals surface area contributed by atoms with Gasteiger partial charge in [0.2, 0.25) is 5.78 Å². The smallest absolute Gasteiger partial charge is 0.259 e. The second-order valence-corrected chi connectivity index (χ2v) is 12.4. The van der Waals surface area contributed by atoms with Crippen molar-refractivity contribution in [2.24, 2.45) is 0 Å². The van der Waals surface area contributed by atoms with Gasteiger partial charge in [0.1, 0.15) is 6.33 Å². The first-order chi connectivity index (χ1) is 22.6. The third kappa shape index (κ3) is 7.24. The van der Waals surface area contributed by atoms with Crippen LogP contribution in [0.1, 0.15) is 86.7 Å². The average molecular weight is 626 g/mol. The van der Waals surface area contributed by atoms with Crippen LogP contribution in [-0.2, 0) is 27.1 Å². The Balaban J connectivity index is 1.16. The Hall–Kier alpha value is -3.88. The molecule has 0 radical (unpaired) electrons. The van der Waals surface area contributed by atoms with Gasteiger partial charge in [0, 0.05) is 24.4 Å². The summed E-state index contributed by atoms with van der Waals surface area (Å²) in [5.41, 5.74) is 5.18.